The molecule has 18 heavy (non-hydrogen) atoms. The molecule has 0 saturated carbocycles. The molecular weight excluding hydrogens is 224 g/mol. The zero-order valence-electron chi connectivity index (χ0n) is 11.7. The van der Waals surface area contributed by atoms with Crippen LogP contribution in [0.4, 0.5) is 0 Å². The summed E-state index contributed by atoms with van der Waals surface area (Å²) >= 11 is 0. The predicted octanol–water partition coefficient (Wildman–Crippen LogP) is 3.16. The van der Waals surface area contributed by atoms with Gasteiger partial charge in [-0.15, -0.1) is 0 Å². The molecule has 0 heterocycles. The van der Waals surface area contributed by atoms with Gasteiger partial charge in [0.05, 0.1) is 0 Å². The summed E-state index contributed by atoms with van der Waals surface area (Å²) in [6, 6.07) is 9.98. The Morgan fingerprint density at radius 3 is 2.39 bits per heavy atom. The minimum absolute atomic E-state index is 0.00723. The lowest BCUT2D eigenvalue weighted by Crippen LogP contribution is -2.24. The Morgan fingerprint density at radius 2 is 1.83 bits per heavy atom. The fraction of sp³-hybridized carbons (Fsp3) is 0.467. The second-order valence-electron chi connectivity index (χ2n) is 5.47. The highest BCUT2D eigenvalue weighted by molar-refractivity contribution is 5.88. The van der Waals surface area contributed by atoms with Crippen LogP contribution in [0.2, 0.25) is 0 Å². The van der Waals surface area contributed by atoms with Crippen LogP contribution in [0.1, 0.15) is 39.7 Å². The summed E-state index contributed by atoms with van der Waals surface area (Å²) in [5, 5.41) is 4.12. The first-order chi connectivity index (χ1) is 8.39. The molecule has 1 rings (SSSR count). The lowest BCUT2D eigenvalue weighted by molar-refractivity contribution is -0.121. The van der Waals surface area contributed by atoms with Crippen molar-refractivity contribution in [3.05, 3.63) is 35.9 Å². The van der Waals surface area contributed by atoms with Crippen molar-refractivity contribution in [2.45, 2.75) is 40.5 Å². The number of hydrazone groups is 1. The van der Waals surface area contributed by atoms with E-state index < -0.39 is 0 Å². The topological polar surface area (TPSA) is 41.5 Å². The van der Waals surface area contributed by atoms with Gasteiger partial charge in [-0.05, 0) is 18.9 Å². The third-order valence-electron chi connectivity index (χ3n) is 2.92. The Bertz CT molecular complexity index is 416. The van der Waals surface area contributed by atoms with Crippen LogP contribution < -0.4 is 5.43 Å². The fourth-order valence-corrected chi connectivity index (χ4v) is 1.27. The third kappa shape index (κ3) is 5.13. The molecular formula is C15H22N2O. The van der Waals surface area contributed by atoms with Crippen molar-refractivity contribution in [1.29, 1.82) is 0 Å². The fourth-order valence-electron chi connectivity index (χ4n) is 1.27. The highest BCUT2D eigenvalue weighted by Crippen LogP contribution is 2.14. The van der Waals surface area contributed by atoms with Gasteiger partial charge in [0.2, 0.25) is 5.91 Å². The van der Waals surface area contributed by atoms with E-state index >= 15 is 0 Å². The lowest BCUT2D eigenvalue weighted by atomic mass is 9.91. The maximum atomic E-state index is 11.6. The Morgan fingerprint density at radius 1 is 1.22 bits per heavy atom. The van der Waals surface area contributed by atoms with Crippen LogP contribution in [0.25, 0.3) is 0 Å². The van der Waals surface area contributed by atoms with Gasteiger partial charge in [0, 0.05) is 17.5 Å². The first-order valence-corrected chi connectivity index (χ1v) is 6.27. The lowest BCUT2D eigenvalue weighted by Gasteiger charge is -2.17. The van der Waals surface area contributed by atoms with E-state index in [-0.39, 0.29) is 11.3 Å². The molecule has 0 aliphatic heterocycles. The first kappa shape index (κ1) is 14.4. The summed E-state index contributed by atoms with van der Waals surface area (Å²) in [5.41, 5.74) is 4.70. The van der Waals surface area contributed by atoms with E-state index in [0.29, 0.717) is 6.42 Å². The Balaban J connectivity index is 2.39. The van der Waals surface area contributed by atoms with Crippen LogP contribution in [0.5, 0.6) is 0 Å². The summed E-state index contributed by atoms with van der Waals surface area (Å²) in [6.07, 6.45) is 1.21. The molecule has 3 heteroatoms. The molecule has 1 aromatic rings. The number of hydrogen-bond acceptors (Lipinski definition) is 2. The van der Waals surface area contributed by atoms with E-state index in [2.05, 4.69) is 31.3 Å². The number of rotatable bonds is 4. The smallest absolute Gasteiger partial charge is 0.240 e. The second kappa shape index (κ2) is 6.34. The number of carbonyl (C=O) groups excluding carboxylic acids is 1. The average molecular weight is 246 g/mol. The molecule has 0 unspecified atom stereocenters. The summed E-state index contributed by atoms with van der Waals surface area (Å²) in [5.74, 6) is -0.0394. The zero-order chi connectivity index (χ0) is 13.6. The maximum absolute atomic E-state index is 11.6. The molecule has 0 spiro atoms. The number of nitrogens with zero attached hydrogens (tertiary/aromatic N) is 1. The van der Waals surface area contributed by atoms with Gasteiger partial charge < -0.3 is 0 Å². The quantitative estimate of drug-likeness (QED) is 0.643. The van der Waals surface area contributed by atoms with Gasteiger partial charge in [-0.1, -0.05) is 51.1 Å². The van der Waals surface area contributed by atoms with Crippen molar-refractivity contribution in [3.8, 4) is 0 Å². The van der Waals surface area contributed by atoms with E-state index in [1.807, 2.05) is 37.3 Å². The number of amides is 1. The highest BCUT2D eigenvalue weighted by atomic mass is 16.2. The molecule has 1 N–H and O–H groups in total. The number of hydrogen-bond donors (Lipinski definition) is 1. The number of carbonyl (C=O) groups is 1. The van der Waals surface area contributed by atoms with Crippen molar-refractivity contribution >= 4 is 11.6 Å². The van der Waals surface area contributed by atoms with Gasteiger partial charge in [0.15, 0.2) is 0 Å². The van der Waals surface area contributed by atoms with Crippen LogP contribution in [-0.4, -0.2) is 11.6 Å². The zero-order valence-corrected chi connectivity index (χ0v) is 11.7. The molecule has 0 radical (unpaired) electrons. The first-order valence-electron chi connectivity index (χ1n) is 6.27. The SMILES string of the molecule is C/C(=N/NC(=O)CCc1ccccc1)C(C)(C)C. The van der Waals surface area contributed by atoms with Gasteiger partial charge in [0.25, 0.3) is 0 Å². The van der Waals surface area contributed by atoms with E-state index in [0.717, 1.165) is 12.1 Å². The number of benzene rings is 1. The van der Waals surface area contributed by atoms with Crippen molar-refractivity contribution in [2.75, 3.05) is 0 Å². The summed E-state index contributed by atoms with van der Waals surface area (Å²) in [4.78, 5) is 11.6. The van der Waals surface area contributed by atoms with Crippen molar-refractivity contribution in [3.63, 3.8) is 0 Å². The Labute approximate surface area is 109 Å². The van der Waals surface area contributed by atoms with E-state index in [4.69, 9.17) is 0 Å². The minimum atomic E-state index is -0.0394. The van der Waals surface area contributed by atoms with Gasteiger partial charge in [-0.3, -0.25) is 4.79 Å². The molecule has 0 bridgehead atoms. The summed E-state index contributed by atoms with van der Waals surface area (Å²) < 4.78 is 0. The van der Waals surface area contributed by atoms with Gasteiger partial charge in [-0.2, -0.15) is 5.10 Å². The number of aryl methyl sites for hydroxylation is 1. The minimum Gasteiger partial charge on any atom is -0.273 e. The molecule has 0 atom stereocenters. The molecule has 0 aliphatic rings. The van der Waals surface area contributed by atoms with Crippen LogP contribution in [0.3, 0.4) is 0 Å². The molecule has 3 nitrogen and oxygen atoms in total. The van der Waals surface area contributed by atoms with Crippen molar-refractivity contribution in [1.82, 2.24) is 5.43 Å². The van der Waals surface area contributed by atoms with Crippen LogP contribution >= 0.6 is 0 Å². The largest absolute Gasteiger partial charge is 0.273 e. The van der Waals surface area contributed by atoms with Crippen molar-refractivity contribution < 1.29 is 4.79 Å². The van der Waals surface area contributed by atoms with Crippen molar-refractivity contribution in [2.24, 2.45) is 10.5 Å². The molecule has 98 valence electrons. The third-order valence-corrected chi connectivity index (χ3v) is 2.92. The maximum Gasteiger partial charge on any atom is 0.240 e. The van der Waals surface area contributed by atoms with Gasteiger partial charge in [-0.25, -0.2) is 5.43 Å². The summed E-state index contributed by atoms with van der Waals surface area (Å²) in [6.45, 7) is 8.14. The van der Waals surface area contributed by atoms with E-state index in [9.17, 15) is 4.79 Å². The van der Waals surface area contributed by atoms with Crippen LogP contribution in [0, 0.1) is 5.41 Å². The monoisotopic (exact) mass is 246 g/mol. The molecule has 0 aromatic heterocycles. The van der Waals surface area contributed by atoms with Crippen LogP contribution in [0.15, 0.2) is 35.4 Å². The standard InChI is InChI=1S/C15H22N2O/c1-12(15(2,3)4)16-17-14(18)11-10-13-8-6-5-7-9-13/h5-9H,10-11H2,1-4H3,(H,17,18)/b16-12-. The normalized spacial score (nSPS) is 12.3. The second-order valence-corrected chi connectivity index (χ2v) is 5.47. The molecule has 1 aromatic carbocycles. The van der Waals surface area contributed by atoms with Crippen LogP contribution in [-0.2, 0) is 11.2 Å². The number of nitrogens with one attached hydrogen (secondary N) is 1. The molecule has 0 aliphatic carbocycles. The van der Waals surface area contributed by atoms with Gasteiger partial charge in [0.1, 0.15) is 0 Å². The average Bonchev–Trinajstić information content (AvgIpc) is 2.33. The van der Waals surface area contributed by atoms with E-state index in [1.165, 1.54) is 5.56 Å². The molecule has 1 amide bonds. The molecule has 0 fully saturated rings. The predicted molar refractivity (Wildman–Crippen MR) is 75.5 cm³/mol. The molecule has 0 saturated heterocycles. The van der Waals surface area contributed by atoms with Gasteiger partial charge >= 0.3 is 0 Å². The highest BCUT2D eigenvalue weighted by Gasteiger charge is 2.14. The van der Waals surface area contributed by atoms with E-state index in [1.54, 1.807) is 0 Å². The summed E-state index contributed by atoms with van der Waals surface area (Å²) in [7, 11) is 0. The Kier molecular flexibility index (Phi) is 5.08. The Hall–Kier alpha value is -1.64.